The van der Waals surface area contributed by atoms with Gasteiger partial charge in [-0.3, -0.25) is 4.79 Å². The van der Waals surface area contributed by atoms with Gasteiger partial charge in [0.25, 0.3) is 5.91 Å². The summed E-state index contributed by atoms with van der Waals surface area (Å²) in [7, 11) is 3.99. The summed E-state index contributed by atoms with van der Waals surface area (Å²) in [5.41, 5.74) is 3.89. The number of carbonyl (C=O) groups excluding carboxylic acids is 1. The Bertz CT molecular complexity index is 889. The molecule has 0 saturated heterocycles. The van der Waals surface area contributed by atoms with E-state index in [1.165, 1.54) is 12.8 Å². The van der Waals surface area contributed by atoms with Crippen molar-refractivity contribution < 1.29 is 4.79 Å². The Balaban J connectivity index is 1.57. The molecule has 0 unspecified atom stereocenters. The highest BCUT2D eigenvalue weighted by Gasteiger charge is 2.29. The molecule has 0 radical (unpaired) electrons. The van der Waals surface area contributed by atoms with Crippen LogP contribution < -0.4 is 15.5 Å². The maximum atomic E-state index is 13.1. The predicted molar refractivity (Wildman–Crippen MR) is 117 cm³/mol. The summed E-state index contributed by atoms with van der Waals surface area (Å²) in [4.78, 5) is 26.5. The highest BCUT2D eigenvalue weighted by atomic mass is 16.2. The van der Waals surface area contributed by atoms with Gasteiger partial charge in [-0.1, -0.05) is 0 Å². The van der Waals surface area contributed by atoms with Gasteiger partial charge in [-0.25, -0.2) is 4.98 Å². The molecule has 4 rings (SSSR count). The van der Waals surface area contributed by atoms with Gasteiger partial charge in [0, 0.05) is 56.0 Å². The summed E-state index contributed by atoms with van der Waals surface area (Å²) < 4.78 is 0. The average Bonchev–Trinajstić information content (AvgIpc) is 3.51. The van der Waals surface area contributed by atoms with Crippen molar-refractivity contribution in [1.29, 1.82) is 0 Å². The Kier molecular flexibility index (Phi) is 5.30. The van der Waals surface area contributed by atoms with Crippen molar-refractivity contribution in [2.24, 2.45) is 0 Å². The number of fused-ring (bicyclic) bond motifs is 1. The lowest BCUT2D eigenvalue weighted by Gasteiger charge is -2.30. The molecule has 1 aliphatic carbocycles. The van der Waals surface area contributed by atoms with Crippen LogP contribution in [0.1, 0.15) is 48.3 Å². The number of nitrogens with one attached hydrogen (secondary N) is 2. The Labute approximate surface area is 172 Å². The van der Waals surface area contributed by atoms with Crippen LogP contribution in [0.25, 0.3) is 0 Å². The molecule has 2 N–H and O–H groups in total. The maximum Gasteiger partial charge on any atom is 0.254 e. The second-order valence-corrected chi connectivity index (χ2v) is 8.46. The molecular weight excluding hydrogens is 364 g/mol. The zero-order chi connectivity index (χ0) is 20.5. The fourth-order valence-corrected chi connectivity index (χ4v) is 3.54. The quantitative estimate of drug-likeness (QED) is 0.784. The number of rotatable bonds is 6. The van der Waals surface area contributed by atoms with Gasteiger partial charge in [-0.15, -0.1) is 0 Å². The monoisotopic (exact) mass is 394 g/mol. The van der Waals surface area contributed by atoms with Crippen LogP contribution in [0, 0.1) is 0 Å². The fourth-order valence-electron chi connectivity index (χ4n) is 3.54. The molecule has 1 amide bonds. The second-order valence-electron chi connectivity index (χ2n) is 8.46. The first-order valence-corrected chi connectivity index (χ1v) is 10.4. The molecule has 2 aromatic rings. The van der Waals surface area contributed by atoms with Crippen LogP contribution in [0.5, 0.6) is 0 Å². The van der Waals surface area contributed by atoms with Crippen LogP contribution in [0.4, 0.5) is 17.5 Å². The van der Waals surface area contributed by atoms with E-state index in [2.05, 4.69) is 24.5 Å². The lowest BCUT2D eigenvalue weighted by Crippen LogP contribution is -2.37. The van der Waals surface area contributed by atoms with Gasteiger partial charge >= 0.3 is 0 Å². The second kappa shape index (κ2) is 7.89. The third-order valence-electron chi connectivity index (χ3n) is 5.31. The first-order valence-electron chi connectivity index (χ1n) is 10.4. The Morgan fingerprint density at radius 2 is 1.90 bits per heavy atom. The molecule has 7 heteroatoms. The molecule has 1 aromatic carbocycles. The van der Waals surface area contributed by atoms with E-state index >= 15 is 0 Å². The van der Waals surface area contributed by atoms with Crippen LogP contribution in [-0.2, 0) is 13.0 Å². The molecular formula is C22H30N6O. The van der Waals surface area contributed by atoms with Crippen LogP contribution in [0.3, 0.4) is 0 Å². The van der Waals surface area contributed by atoms with Gasteiger partial charge in [-0.05, 0) is 51.0 Å². The van der Waals surface area contributed by atoms with E-state index in [4.69, 9.17) is 9.97 Å². The first kappa shape index (κ1) is 19.5. The van der Waals surface area contributed by atoms with Gasteiger partial charge in [0.1, 0.15) is 5.82 Å². The smallest absolute Gasteiger partial charge is 0.254 e. The molecule has 0 bridgehead atoms. The van der Waals surface area contributed by atoms with E-state index in [1.807, 2.05) is 48.2 Å². The summed E-state index contributed by atoms with van der Waals surface area (Å²) in [6.45, 7) is 5.38. The van der Waals surface area contributed by atoms with E-state index in [0.29, 0.717) is 25.1 Å². The largest absolute Gasteiger partial charge is 0.378 e. The molecule has 2 heterocycles. The highest BCUT2D eigenvalue weighted by molar-refractivity contribution is 5.94. The summed E-state index contributed by atoms with van der Waals surface area (Å²) in [5, 5.41) is 6.86. The predicted octanol–water partition coefficient (Wildman–Crippen LogP) is 3.14. The van der Waals surface area contributed by atoms with Gasteiger partial charge in [0.05, 0.1) is 12.2 Å². The number of nitrogens with zero attached hydrogens (tertiary/aromatic N) is 4. The highest BCUT2D eigenvalue weighted by Crippen LogP contribution is 2.31. The minimum atomic E-state index is 0.0581. The van der Waals surface area contributed by atoms with Crippen molar-refractivity contribution >= 4 is 23.4 Å². The molecule has 1 saturated carbocycles. The molecule has 0 spiro atoms. The number of aromatic nitrogens is 2. The van der Waals surface area contributed by atoms with E-state index < -0.39 is 0 Å². The topological polar surface area (TPSA) is 73.4 Å². The number of amides is 1. The summed E-state index contributed by atoms with van der Waals surface area (Å²) in [6.07, 6.45) is 3.09. The molecule has 1 aliphatic heterocycles. The van der Waals surface area contributed by atoms with Gasteiger partial charge in [-0.2, -0.15) is 4.98 Å². The van der Waals surface area contributed by atoms with E-state index in [0.717, 1.165) is 34.7 Å². The van der Waals surface area contributed by atoms with E-state index in [9.17, 15) is 4.79 Å². The zero-order valence-corrected chi connectivity index (χ0v) is 17.7. The normalized spacial score (nSPS) is 15.8. The SMILES string of the molecule is CC(C)Nc1nc2c(c(NC3CC3)n1)CN(C(=O)c1ccc(N(C)C)cc1)CC2. The minimum Gasteiger partial charge on any atom is -0.378 e. The Hall–Kier alpha value is -2.83. The number of anilines is 3. The standard InChI is InChI=1S/C22H30N6O/c1-14(2)23-22-25-19-11-12-28(13-18(19)20(26-22)24-16-7-8-16)21(29)15-5-9-17(10-6-15)27(3)4/h5-6,9-10,14,16H,7-8,11-13H2,1-4H3,(H2,23,24,25,26). The Morgan fingerprint density at radius 1 is 1.17 bits per heavy atom. The van der Waals surface area contributed by atoms with Crippen molar-refractivity contribution in [3.63, 3.8) is 0 Å². The zero-order valence-electron chi connectivity index (χ0n) is 17.7. The van der Waals surface area contributed by atoms with Crippen LogP contribution in [0.2, 0.25) is 0 Å². The van der Waals surface area contributed by atoms with Crippen molar-refractivity contribution in [3.05, 3.63) is 41.1 Å². The van der Waals surface area contributed by atoms with Crippen LogP contribution >= 0.6 is 0 Å². The number of benzene rings is 1. The molecule has 7 nitrogen and oxygen atoms in total. The van der Waals surface area contributed by atoms with Crippen LogP contribution in [0.15, 0.2) is 24.3 Å². The maximum absolute atomic E-state index is 13.1. The van der Waals surface area contributed by atoms with E-state index in [1.54, 1.807) is 0 Å². The molecule has 29 heavy (non-hydrogen) atoms. The Morgan fingerprint density at radius 3 is 2.52 bits per heavy atom. The van der Waals surface area contributed by atoms with Crippen LogP contribution in [-0.4, -0.2) is 53.5 Å². The minimum absolute atomic E-state index is 0.0581. The van der Waals surface area contributed by atoms with Crippen molar-refractivity contribution in [1.82, 2.24) is 14.9 Å². The van der Waals surface area contributed by atoms with Crippen molar-refractivity contribution in [2.45, 2.75) is 51.7 Å². The van der Waals surface area contributed by atoms with E-state index in [-0.39, 0.29) is 11.9 Å². The van der Waals surface area contributed by atoms with Crippen molar-refractivity contribution in [3.8, 4) is 0 Å². The van der Waals surface area contributed by atoms with Crippen molar-refractivity contribution in [2.75, 3.05) is 36.2 Å². The first-order chi connectivity index (χ1) is 13.9. The fraction of sp³-hybridized carbons (Fsp3) is 0.500. The van der Waals surface area contributed by atoms with Gasteiger partial charge in [0.15, 0.2) is 0 Å². The number of hydrogen-bond donors (Lipinski definition) is 2. The third-order valence-corrected chi connectivity index (χ3v) is 5.31. The molecule has 2 aliphatic rings. The number of carbonyl (C=O) groups is 1. The number of hydrogen-bond acceptors (Lipinski definition) is 6. The summed E-state index contributed by atoms with van der Waals surface area (Å²) in [5.74, 6) is 1.60. The van der Waals surface area contributed by atoms with Gasteiger partial charge < -0.3 is 20.4 Å². The third kappa shape index (κ3) is 4.44. The average molecular weight is 395 g/mol. The van der Waals surface area contributed by atoms with Gasteiger partial charge in [0.2, 0.25) is 5.95 Å². The lowest BCUT2D eigenvalue weighted by atomic mass is 10.0. The molecule has 1 aromatic heterocycles. The summed E-state index contributed by atoms with van der Waals surface area (Å²) >= 11 is 0. The molecule has 0 atom stereocenters. The summed E-state index contributed by atoms with van der Waals surface area (Å²) in [6, 6.07) is 8.54. The molecule has 154 valence electrons. The molecule has 1 fully saturated rings. The lowest BCUT2D eigenvalue weighted by molar-refractivity contribution is 0.0734.